The van der Waals surface area contributed by atoms with Gasteiger partial charge in [0.15, 0.2) is 0 Å². The molecule has 0 nitrogen and oxygen atoms in total. The molecule has 0 heteroatoms. The highest BCUT2D eigenvalue weighted by Crippen LogP contribution is 2.74. The number of allylic oxidation sites excluding steroid dienone is 2. The maximum absolute atomic E-state index is 3.01. The molecule has 8 aliphatic carbocycles. The lowest BCUT2D eigenvalue weighted by Crippen LogP contribution is -2.61. The molecule has 18 atom stereocenters. The third-order valence-corrected chi connectivity index (χ3v) is 23.9. The minimum absolute atomic E-state index is 0.557. The Morgan fingerprint density at radius 1 is 0.450 bits per heavy atom. The number of fused-ring (bicyclic) bond motifs is 10. The molecule has 8 fully saturated rings. The van der Waals surface area contributed by atoms with Crippen molar-refractivity contribution in [3.63, 3.8) is 0 Å². The molecule has 0 aliphatic heterocycles. The molecule has 0 radical (unpaired) electrons. The van der Waals surface area contributed by atoms with Crippen LogP contribution in [0.5, 0.6) is 0 Å². The maximum Gasteiger partial charge on any atom is -0.0235 e. The van der Waals surface area contributed by atoms with E-state index in [1.165, 1.54) is 64.2 Å². The first-order valence-corrected chi connectivity index (χ1v) is 28.3. The number of hydrogen-bond acceptors (Lipinski definition) is 0. The van der Waals surface area contributed by atoms with E-state index in [0.717, 1.165) is 101 Å². The summed E-state index contributed by atoms with van der Waals surface area (Å²) in [5.74, 6) is 16.3. The Labute approximate surface area is 376 Å². The van der Waals surface area contributed by atoms with E-state index in [0.29, 0.717) is 21.7 Å². The molecule has 4 unspecified atom stereocenters. The predicted octanol–water partition coefficient (Wildman–Crippen LogP) is 18.4. The Bertz CT molecular complexity index is 1320. The van der Waals surface area contributed by atoms with E-state index >= 15 is 0 Å². The van der Waals surface area contributed by atoms with Crippen molar-refractivity contribution < 1.29 is 0 Å². The fourth-order valence-electron chi connectivity index (χ4n) is 21.2. The van der Waals surface area contributed by atoms with Crippen LogP contribution in [0.2, 0.25) is 0 Å². The minimum Gasteiger partial charge on any atom is -0.0888 e. The topological polar surface area (TPSA) is 0 Å². The molecule has 0 saturated heterocycles. The third-order valence-electron chi connectivity index (χ3n) is 23.9. The van der Waals surface area contributed by atoms with Crippen LogP contribution in [-0.2, 0) is 0 Å². The van der Waals surface area contributed by atoms with Gasteiger partial charge in [-0.3, -0.25) is 0 Å². The molecule has 0 aromatic rings. The summed E-state index contributed by atoms with van der Waals surface area (Å²) in [4.78, 5) is 0. The van der Waals surface area contributed by atoms with Crippen LogP contribution >= 0.6 is 0 Å². The van der Waals surface area contributed by atoms with E-state index in [9.17, 15) is 0 Å². The summed E-state index contributed by atoms with van der Waals surface area (Å²) in [6.07, 6.45) is 44.8. The first-order chi connectivity index (χ1) is 28.7. The van der Waals surface area contributed by atoms with Crippen LogP contribution in [0.25, 0.3) is 0 Å². The van der Waals surface area contributed by atoms with Crippen molar-refractivity contribution in [2.75, 3.05) is 0 Å². The fraction of sp³-hybridized carbons (Fsp3) is 0.967. The van der Waals surface area contributed by atoms with Gasteiger partial charge in [0.05, 0.1) is 0 Å². The maximum atomic E-state index is 3.01. The SMILES string of the molecule is CC/C=C/CC(C1CCCC2CC[C@@H]3[C@H](CC[C@]4(C)[C@@H]([C@H](C)CCCC(C)C)CC[C@@H]34)[C@]21C)C1CCCC2CC[C@@H]3[C@H](CC[C@]4(C)[C@@H]([C@H](C)CCCC(C)C)CC[C@@H]34)[C@]21C. The normalized spacial score (nSPS) is 47.9. The number of hydrogen-bond donors (Lipinski definition) is 0. The smallest absolute Gasteiger partial charge is 0.0235 e. The zero-order valence-electron chi connectivity index (χ0n) is 42.4. The summed E-state index contributed by atoms with van der Waals surface area (Å²) in [6, 6.07) is 0. The van der Waals surface area contributed by atoms with Crippen LogP contribution in [0, 0.1) is 122 Å². The van der Waals surface area contributed by atoms with Gasteiger partial charge in [0.2, 0.25) is 0 Å². The molecule has 8 saturated carbocycles. The first kappa shape index (κ1) is 46.3. The minimum atomic E-state index is 0.557. The second-order valence-corrected chi connectivity index (χ2v) is 26.9. The Morgan fingerprint density at radius 3 is 1.32 bits per heavy atom. The molecule has 8 rings (SSSR count). The lowest BCUT2D eigenvalue weighted by atomic mass is 9.37. The van der Waals surface area contributed by atoms with Crippen molar-refractivity contribution >= 4 is 0 Å². The highest BCUT2D eigenvalue weighted by atomic mass is 14.7. The van der Waals surface area contributed by atoms with Crippen molar-refractivity contribution in [1.82, 2.24) is 0 Å². The van der Waals surface area contributed by atoms with E-state index < -0.39 is 0 Å². The average molecular weight is 825 g/mol. The van der Waals surface area contributed by atoms with Gasteiger partial charge in [-0.25, -0.2) is 0 Å². The van der Waals surface area contributed by atoms with Gasteiger partial charge in [-0.05, 0) is 238 Å². The van der Waals surface area contributed by atoms with Crippen molar-refractivity contribution in [3.8, 4) is 0 Å². The van der Waals surface area contributed by atoms with Crippen LogP contribution < -0.4 is 0 Å². The Hall–Kier alpha value is -0.260. The van der Waals surface area contributed by atoms with Crippen LogP contribution in [0.3, 0.4) is 0 Å². The van der Waals surface area contributed by atoms with Crippen molar-refractivity contribution in [1.29, 1.82) is 0 Å². The van der Waals surface area contributed by atoms with Gasteiger partial charge in [-0.15, -0.1) is 0 Å². The van der Waals surface area contributed by atoms with Crippen LogP contribution in [0.1, 0.15) is 243 Å². The quantitative estimate of drug-likeness (QED) is 0.144. The molecule has 0 bridgehead atoms. The average Bonchev–Trinajstić information content (AvgIpc) is 3.76. The molecular weight excluding hydrogens is 721 g/mol. The number of rotatable bonds is 15. The van der Waals surface area contributed by atoms with Gasteiger partial charge in [0.25, 0.3) is 0 Å². The van der Waals surface area contributed by atoms with Crippen molar-refractivity contribution in [2.24, 2.45) is 122 Å². The van der Waals surface area contributed by atoms with Gasteiger partial charge in [0, 0.05) is 0 Å². The van der Waals surface area contributed by atoms with Gasteiger partial charge in [0.1, 0.15) is 0 Å². The second-order valence-electron chi connectivity index (χ2n) is 26.9. The standard InChI is InChI=1S/C60H104/c1-12-13-14-25-46(53-26-17-23-44-28-30-47-51-34-32-49(42(6)21-15-19-40(2)3)57(51,8)38-36-55(47)59(44,53)10)54-27-18-24-45-29-31-48-52-35-33-50(43(7)22-16-20-41(4)5)58(52,9)39-37-56(48)60(45,54)11/h13-14,40-56H,12,15-39H2,1-11H3/b14-13+/t42-,43-,44?,45?,46?,47+,48+,49-,50-,51+,52+,53?,54?,55+,56+,57-,58-,59-,60-/m1/s1. The predicted molar refractivity (Wildman–Crippen MR) is 261 cm³/mol. The Morgan fingerprint density at radius 2 is 0.900 bits per heavy atom. The van der Waals surface area contributed by atoms with Gasteiger partial charge in [-0.2, -0.15) is 0 Å². The molecule has 0 spiro atoms. The van der Waals surface area contributed by atoms with Crippen LogP contribution in [0.4, 0.5) is 0 Å². The van der Waals surface area contributed by atoms with Gasteiger partial charge >= 0.3 is 0 Å². The summed E-state index contributed by atoms with van der Waals surface area (Å²) in [6.45, 7) is 29.3. The van der Waals surface area contributed by atoms with E-state index in [1.807, 2.05) is 0 Å². The monoisotopic (exact) mass is 825 g/mol. The zero-order valence-corrected chi connectivity index (χ0v) is 42.4. The summed E-state index contributed by atoms with van der Waals surface area (Å²) < 4.78 is 0. The molecule has 0 aromatic carbocycles. The first-order valence-electron chi connectivity index (χ1n) is 28.3. The molecular formula is C60H104. The lowest BCUT2D eigenvalue weighted by molar-refractivity contribution is -0.188. The highest BCUT2D eigenvalue weighted by molar-refractivity contribution is 5.16. The zero-order chi connectivity index (χ0) is 42.6. The fourth-order valence-corrected chi connectivity index (χ4v) is 21.2. The molecule has 0 aromatic heterocycles. The van der Waals surface area contributed by atoms with Crippen LogP contribution in [0.15, 0.2) is 12.2 Å². The highest BCUT2D eigenvalue weighted by Gasteiger charge is 2.66. The molecule has 8 aliphatic rings. The molecule has 0 amide bonds. The second kappa shape index (κ2) is 18.6. The van der Waals surface area contributed by atoms with Gasteiger partial charge < -0.3 is 0 Å². The summed E-state index contributed by atoms with van der Waals surface area (Å²) in [5, 5.41) is 0. The van der Waals surface area contributed by atoms with Crippen molar-refractivity contribution in [3.05, 3.63) is 12.2 Å². The molecule has 344 valence electrons. The summed E-state index contributed by atoms with van der Waals surface area (Å²) >= 11 is 0. The summed E-state index contributed by atoms with van der Waals surface area (Å²) in [7, 11) is 0. The molecule has 0 N–H and O–H groups in total. The Balaban J connectivity index is 1.07. The van der Waals surface area contributed by atoms with E-state index in [4.69, 9.17) is 0 Å². The van der Waals surface area contributed by atoms with Crippen LogP contribution in [-0.4, -0.2) is 0 Å². The van der Waals surface area contributed by atoms with E-state index in [1.54, 1.807) is 103 Å². The summed E-state index contributed by atoms with van der Waals surface area (Å²) in [5.41, 5.74) is 2.33. The largest absolute Gasteiger partial charge is 0.0888 e. The van der Waals surface area contributed by atoms with Gasteiger partial charge in [-0.1, -0.05) is 140 Å². The molecule has 0 heterocycles. The lowest BCUT2D eigenvalue weighted by Gasteiger charge is -2.67. The Kier molecular flexibility index (Phi) is 14.3. The van der Waals surface area contributed by atoms with E-state index in [2.05, 4.69) is 88.3 Å². The molecule has 60 heavy (non-hydrogen) atoms. The van der Waals surface area contributed by atoms with E-state index in [-0.39, 0.29) is 0 Å². The van der Waals surface area contributed by atoms with Crippen molar-refractivity contribution in [2.45, 2.75) is 243 Å². The third kappa shape index (κ3) is 7.97.